The van der Waals surface area contributed by atoms with Gasteiger partial charge in [-0.05, 0) is 47.9 Å². The number of aryl methyl sites for hydroxylation is 1. The normalized spacial score (nSPS) is 19.4. The number of nitrogens with zero attached hydrogens (tertiary/aromatic N) is 1. The van der Waals surface area contributed by atoms with E-state index >= 15 is 0 Å². The van der Waals surface area contributed by atoms with Crippen molar-refractivity contribution < 1.29 is 24.5 Å². The van der Waals surface area contributed by atoms with Crippen LogP contribution >= 0.6 is 0 Å². The molecule has 128 valence electrons. The predicted octanol–water partition coefficient (Wildman–Crippen LogP) is 2.37. The minimum absolute atomic E-state index is 0.0466. The molecule has 0 amide bonds. The summed E-state index contributed by atoms with van der Waals surface area (Å²) in [6, 6.07) is 12.1. The lowest BCUT2D eigenvalue weighted by Crippen LogP contribution is -2.29. The van der Waals surface area contributed by atoms with Gasteiger partial charge in [0.15, 0.2) is 0 Å². The standard InChI is InChI=1S/C19H17NO5/c1-11-2-3-16(14(4-11)8-20)12-5-13(19(22)23)7-15(6-12)25-18-10-24-9-17(18)21/h2-7,17-18,21H,9-10H2,1H3,(H,22,23). The van der Waals surface area contributed by atoms with Crippen LogP contribution in [-0.2, 0) is 4.74 Å². The zero-order valence-corrected chi connectivity index (χ0v) is 13.6. The first-order valence-corrected chi connectivity index (χ1v) is 7.80. The van der Waals surface area contributed by atoms with Crippen LogP contribution in [0.1, 0.15) is 21.5 Å². The molecule has 1 aliphatic rings. The molecular weight excluding hydrogens is 322 g/mol. The molecule has 0 aliphatic carbocycles. The van der Waals surface area contributed by atoms with Gasteiger partial charge in [0, 0.05) is 0 Å². The third-order valence-electron chi connectivity index (χ3n) is 4.05. The van der Waals surface area contributed by atoms with E-state index in [1.165, 1.54) is 12.1 Å². The van der Waals surface area contributed by atoms with Crippen molar-refractivity contribution in [3.8, 4) is 22.9 Å². The highest BCUT2D eigenvalue weighted by atomic mass is 16.6. The Bertz CT molecular complexity index is 855. The number of carbonyl (C=O) groups is 1. The van der Waals surface area contributed by atoms with Gasteiger partial charge >= 0.3 is 5.97 Å². The molecular formula is C19H17NO5. The summed E-state index contributed by atoms with van der Waals surface area (Å²) >= 11 is 0. The Morgan fingerprint density at radius 1 is 1.28 bits per heavy atom. The van der Waals surface area contributed by atoms with Crippen LogP contribution in [0.5, 0.6) is 5.75 Å². The maximum atomic E-state index is 11.5. The monoisotopic (exact) mass is 339 g/mol. The van der Waals surface area contributed by atoms with Crippen LogP contribution in [0.3, 0.4) is 0 Å². The number of carboxylic acids is 1. The summed E-state index contributed by atoms with van der Waals surface area (Å²) in [4.78, 5) is 11.5. The molecule has 25 heavy (non-hydrogen) atoms. The Kier molecular flexibility index (Phi) is 4.70. The summed E-state index contributed by atoms with van der Waals surface area (Å²) in [7, 11) is 0. The lowest BCUT2D eigenvalue weighted by Gasteiger charge is -2.17. The summed E-state index contributed by atoms with van der Waals surface area (Å²) in [5, 5.41) is 28.6. The molecule has 1 fully saturated rings. The van der Waals surface area contributed by atoms with E-state index in [4.69, 9.17) is 9.47 Å². The van der Waals surface area contributed by atoms with Crippen LogP contribution in [0, 0.1) is 18.3 Å². The zero-order valence-electron chi connectivity index (χ0n) is 13.6. The van der Waals surface area contributed by atoms with Crippen molar-refractivity contribution in [2.75, 3.05) is 13.2 Å². The molecule has 2 atom stereocenters. The Morgan fingerprint density at radius 2 is 2.08 bits per heavy atom. The number of nitriles is 1. The molecule has 2 aromatic rings. The van der Waals surface area contributed by atoms with Gasteiger partial charge < -0.3 is 19.7 Å². The van der Waals surface area contributed by atoms with Crippen LogP contribution in [0.2, 0.25) is 0 Å². The number of aliphatic hydroxyl groups excluding tert-OH is 1. The third kappa shape index (κ3) is 3.63. The van der Waals surface area contributed by atoms with Crippen molar-refractivity contribution in [3.63, 3.8) is 0 Å². The number of benzene rings is 2. The van der Waals surface area contributed by atoms with E-state index in [9.17, 15) is 20.3 Å². The SMILES string of the molecule is Cc1ccc(-c2cc(OC3COCC3O)cc(C(=O)O)c2)c(C#N)c1. The molecule has 1 saturated heterocycles. The van der Waals surface area contributed by atoms with Crippen molar-refractivity contribution in [3.05, 3.63) is 53.1 Å². The molecule has 0 aromatic heterocycles. The second-order valence-electron chi connectivity index (χ2n) is 5.97. The van der Waals surface area contributed by atoms with Gasteiger partial charge in [-0.1, -0.05) is 12.1 Å². The Labute approximate surface area is 144 Å². The molecule has 2 aromatic carbocycles. The number of aliphatic hydroxyl groups is 1. The number of rotatable bonds is 4. The number of carboxylic acid groups (broad SMARTS) is 1. The molecule has 6 nitrogen and oxygen atoms in total. The average Bonchev–Trinajstić information content (AvgIpc) is 2.99. The van der Waals surface area contributed by atoms with Crippen LogP contribution in [-0.4, -0.2) is 41.6 Å². The smallest absolute Gasteiger partial charge is 0.335 e. The van der Waals surface area contributed by atoms with Crippen molar-refractivity contribution in [1.82, 2.24) is 0 Å². The second kappa shape index (κ2) is 6.93. The average molecular weight is 339 g/mol. The fourth-order valence-corrected chi connectivity index (χ4v) is 2.76. The van der Waals surface area contributed by atoms with E-state index in [0.717, 1.165) is 5.56 Å². The largest absolute Gasteiger partial charge is 0.485 e. The van der Waals surface area contributed by atoms with Crippen LogP contribution in [0.4, 0.5) is 0 Å². The van der Waals surface area contributed by atoms with E-state index in [2.05, 4.69) is 6.07 Å². The number of aromatic carboxylic acids is 1. The van der Waals surface area contributed by atoms with Gasteiger partial charge in [-0.2, -0.15) is 5.26 Å². The summed E-state index contributed by atoms with van der Waals surface area (Å²) in [6.45, 7) is 2.31. The summed E-state index contributed by atoms with van der Waals surface area (Å²) in [6.07, 6.45) is -1.31. The van der Waals surface area contributed by atoms with Gasteiger partial charge in [-0.3, -0.25) is 0 Å². The highest BCUT2D eigenvalue weighted by molar-refractivity contribution is 5.90. The Balaban J connectivity index is 2.05. The Hall–Kier alpha value is -2.88. The first-order chi connectivity index (χ1) is 12.0. The van der Waals surface area contributed by atoms with Crippen LogP contribution in [0.15, 0.2) is 36.4 Å². The number of hydrogen-bond acceptors (Lipinski definition) is 5. The summed E-state index contributed by atoms with van der Waals surface area (Å²) in [5.74, 6) is -0.783. The lowest BCUT2D eigenvalue weighted by atomic mass is 9.96. The van der Waals surface area contributed by atoms with Crippen molar-refractivity contribution in [2.45, 2.75) is 19.1 Å². The van der Waals surface area contributed by atoms with Gasteiger partial charge in [0.2, 0.25) is 0 Å². The second-order valence-corrected chi connectivity index (χ2v) is 5.97. The minimum atomic E-state index is -1.10. The molecule has 0 spiro atoms. The molecule has 0 radical (unpaired) electrons. The molecule has 2 N–H and O–H groups in total. The van der Waals surface area contributed by atoms with Gasteiger partial charge in [0.1, 0.15) is 18.0 Å². The minimum Gasteiger partial charge on any atom is -0.485 e. The molecule has 1 aliphatic heterocycles. The highest BCUT2D eigenvalue weighted by Gasteiger charge is 2.28. The van der Waals surface area contributed by atoms with Gasteiger partial charge in [-0.25, -0.2) is 4.79 Å². The molecule has 2 unspecified atom stereocenters. The highest BCUT2D eigenvalue weighted by Crippen LogP contribution is 2.30. The van der Waals surface area contributed by atoms with E-state index in [0.29, 0.717) is 22.4 Å². The maximum absolute atomic E-state index is 11.5. The fourth-order valence-electron chi connectivity index (χ4n) is 2.76. The summed E-state index contributed by atoms with van der Waals surface area (Å²) < 4.78 is 10.9. The van der Waals surface area contributed by atoms with Gasteiger partial charge in [0.25, 0.3) is 0 Å². The van der Waals surface area contributed by atoms with E-state index < -0.39 is 18.2 Å². The first-order valence-electron chi connectivity index (χ1n) is 7.80. The van der Waals surface area contributed by atoms with Crippen LogP contribution in [0.25, 0.3) is 11.1 Å². The topological polar surface area (TPSA) is 99.8 Å². The van der Waals surface area contributed by atoms with Crippen molar-refractivity contribution in [1.29, 1.82) is 5.26 Å². The molecule has 6 heteroatoms. The fraction of sp³-hybridized carbons (Fsp3) is 0.263. The number of hydrogen-bond donors (Lipinski definition) is 2. The molecule has 1 heterocycles. The van der Waals surface area contributed by atoms with Crippen molar-refractivity contribution >= 4 is 5.97 Å². The Morgan fingerprint density at radius 3 is 2.72 bits per heavy atom. The molecule has 0 saturated carbocycles. The van der Waals surface area contributed by atoms with E-state index in [1.54, 1.807) is 18.2 Å². The lowest BCUT2D eigenvalue weighted by molar-refractivity contribution is 0.0688. The molecule has 0 bridgehead atoms. The third-order valence-corrected chi connectivity index (χ3v) is 4.05. The summed E-state index contributed by atoms with van der Waals surface area (Å²) in [5.41, 5.74) is 2.64. The quantitative estimate of drug-likeness (QED) is 0.887. The zero-order chi connectivity index (χ0) is 18.0. The maximum Gasteiger partial charge on any atom is 0.335 e. The van der Waals surface area contributed by atoms with E-state index in [-0.39, 0.29) is 18.8 Å². The van der Waals surface area contributed by atoms with E-state index in [1.807, 2.05) is 13.0 Å². The van der Waals surface area contributed by atoms with Gasteiger partial charge in [0.05, 0.1) is 30.4 Å². The van der Waals surface area contributed by atoms with Gasteiger partial charge in [-0.15, -0.1) is 0 Å². The van der Waals surface area contributed by atoms with Crippen LogP contribution < -0.4 is 4.74 Å². The predicted molar refractivity (Wildman–Crippen MR) is 89.5 cm³/mol. The molecule has 3 rings (SSSR count). The van der Waals surface area contributed by atoms with Crippen molar-refractivity contribution in [2.24, 2.45) is 0 Å². The number of ether oxygens (including phenoxy) is 2. The first kappa shape index (κ1) is 17.0.